The van der Waals surface area contributed by atoms with Crippen molar-refractivity contribution in [2.24, 2.45) is 4.99 Å². The summed E-state index contributed by atoms with van der Waals surface area (Å²) in [7, 11) is 0. The number of aliphatic imine (C=N–C) groups is 1. The third-order valence-corrected chi connectivity index (χ3v) is 5.60. The molecule has 6 heteroatoms. The highest BCUT2D eigenvalue weighted by Crippen LogP contribution is 2.25. The highest BCUT2D eigenvalue weighted by molar-refractivity contribution is 5.80. The topological polar surface area (TPSA) is 60.0 Å². The fourth-order valence-electron chi connectivity index (χ4n) is 4.10. The van der Waals surface area contributed by atoms with Gasteiger partial charge in [-0.25, -0.2) is 0 Å². The Kier molecular flexibility index (Phi) is 8.15. The number of guanidine groups is 1. The number of carbonyl (C=O) groups excluding carboxylic acids is 1. The summed E-state index contributed by atoms with van der Waals surface area (Å²) >= 11 is 0. The predicted molar refractivity (Wildman–Crippen MR) is 114 cm³/mol. The number of benzene rings is 1. The summed E-state index contributed by atoms with van der Waals surface area (Å²) in [6.45, 7) is 8.59. The van der Waals surface area contributed by atoms with Gasteiger partial charge >= 0.3 is 0 Å². The molecule has 1 unspecified atom stereocenters. The molecule has 1 aromatic rings. The average molecular weight is 386 g/mol. The SMILES string of the molecule is CCNC(=NCC(c1ccccc1)N1CCCC1)NCCCN1CCCC1=O. The number of hydrogen-bond donors (Lipinski definition) is 2. The van der Waals surface area contributed by atoms with Crippen LogP contribution in [0.2, 0.25) is 0 Å². The molecule has 2 saturated heterocycles. The summed E-state index contributed by atoms with van der Waals surface area (Å²) in [6.07, 6.45) is 5.23. The number of carbonyl (C=O) groups is 1. The van der Waals surface area contributed by atoms with Gasteiger partial charge in [0.1, 0.15) is 0 Å². The van der Waals surface area contributed by atoms with Gasteiger partial charge in [0, 0.05) is 32.6 Å². The number of hydrogen-bond acceptors (Lipinski definition) is 3. The number of rotatable bonds is 9. The third kappa shape index (κ3) is 5.96. The highest BCUT2D eigenvalue weighted by atomic mass is 16.2. The van der Waals surface area contributed by atoms with Gasteiger partial charge in [0.25, 0.3) is 0 Å². The Labute approximate surface area is 169 Å². The normalized spacial score (nSPS) is 19.2. The van der Waals surface area contributed by atoms with Gasteiger partial charge in [0.15, 0.2) is 5.96 Å². The van der Waals surface area contributed by atoms with Gasteiger partial charge in [-0.3, -0.25) is 14.7 Å². The zero-order valence-corrected chi connectivity index (χ0v) is 17.2. The van der Waals surface area contributed by atoms with E-state index >= 15 is 0 Å². The minimum absolute atomic E-state index is 0.303. The van der Waals surface area contributed by atoms with Crippen molar-refractivity contribution in [1.82, 2.24) is 20.4 Å². The molecule has 2 heterocycles. The molecule has 2 N–H and O–H groups in total. The third-order valence-electron chi connectivity index (χ3n) is 5.60. The summed E-state index contributed by atoms with van der Waals surface area (Å²) in [6, 6.07) is 11.1. The van der Waals surface area contributed by atoms with Gasteiger partial charge in [0.05, 0.1) is 12.6 Å². The van der Waals surface area contributed by atoms with Crippen LogP contribution in [0.4, 0.5) is 0 Å². The van der Waals surface area contributed by atoms with E-state index in [1.54, 1.807) is 0 Å². The minimum Gasteiger partial charge on any atom is -0.357 e. The van der Waals surface area contributed by atoms with Crippen LogP contribution < -0.4 is 10.6 Å². The Morgan fingerprint density at radius 2 is 1.89 bits per heavy atom. The first-order chi connectivity index (χ1) is 13.8. The van der Waals surface area contributed by atoms with Crippen LogP contribution in [0, 0.1) is 0 Å². The van der Waals surface area contributed by atoms with Crippen LogP contribution >= 0.6 is 0 Å². The maximum Gasteiger partial charge on any atom is 0.222 e. The second-order valence-corrected chi connectivity index (χ2v) is 7.65. The van der Waals surface area contributed by atoms with Crippen LogP contribution in [0.15, 0.2) is 35.3 Å². The highest BCUT2D eigenvalue weighted by Gasteiger charge is 2.23. The van der Waals surface area contributed by atoms with E-state index in [0.29, 0.717) is 11.9 Å². The molecule has 0 aromatic heterocycles. The van der Waals surface area contributed by atoms with Gasteiger partial charge in [-0.15, -0.1) is 0 Å². The summed E-state index contributed by atoms with van der Waals surface area (Å²) in [5.41, 5.74) is 1.34. The zero-order valence-electron chi connectivity index (χ0n) is 17.2. The fourth-order valence-corrected chi connectivity index (χ4v) is 4.10. The quantitative estimate of drug-likeness (QED) is 0.389. The van der Waals surface area contributed by atoms with E-state index in [1.165, 1.54) is 18.4 Å². The van der Waals surface area contributed by atoms with Crippen molar-refractivity contribution in [2.75, 3.05) is 45.8 Å². The van der Waals surface area contributed by atoms with Crippen LogP contribution in [0.3, 0.4) is 0 Å². The van der Waals surface area contributed by atoms with E-state index in [4.69, 9.17) is 4.99 Å². The largest absolute Gasteiger partial charge is 0.357 e. The fraction of sp³-hybridized carbons (Fsp3) is 0.636. The molecule has 1 amide bonds. The van der Waals surface area contributed by atoms with Crippen LogP contribution in [-0.2, 0) is 4.79 Å². The lowest BCUT2D eigenvalue weighted by Crippen LogP contribution is -2.39. The van der Waals surface area contributed by atoms with Crippen LogP contribution in [0.25, 0.3) is 0 Å². The minimum atomic E-state index is 0.303. The summed E-state index contributed by atoms with van der Waals surface area (Å²) in [4.78, 5) is 21.1. The molecule has 0 radical (unpaired) electrons. The smallest absolute Gasteiger partial charge is 0.222 e. The van der Waals surface area contributed by atoms with Crippen LogP contribution in [0.5, 0.6) is 0 Å². The van der Waals surface area contributed by atoms with E-state index in [2.05, 4.69) is 52.8 Å². The summed E-state index contributed by atoms with van der Waals surface area (Å²) < 4.78 is 0. The van der Waals surface area contributed by atoms with Gasteiger partial charge in [-0.05, 0) is 51.3 Å². The molecule has 3 rings (SSSR count). The molecule has 1 aromatic carbocycles. The van der Waals surface area contributed by atoms with E-state index in [0.717, 1.165) is 71.0 Å². The Morgan fingerprint density at radius 1 is 1.11 bits per heavy atom. The van der Waals surface area contributed by atoms with Crippen LogP contribution in [0.1, 0.15) is 50.6 Å². The molecule has 2 aliphatic rings. The second-order valence-electron chi connectivity index (χ2n) is 7.65. The Bertz CT molecular complexity index is 627. The maximum absolute atomic E-state index is 11.7. The molecule has 2 fully saturated rings. The molecule has 28 heavy (non-hydrogen) atoms. The molecule has 0 aliphatic carbocycles. The monoisotopic (exact) mass is 385 g/mol. The van der Waals surface area contributed by atoms with Crippen molar-refractivity contribution in [1.29, 1.82) is 0 Å². The number of amides is 1. The van der Waals surface area contributed by atoms with Gasteiger partial charge in [-0.2, -0.15) is 0 Å². The maximum atomic E-state index is 11.7. The average Bonchev–Trinajstić information content (AvgIpc) is 3.38. The molecular formula is C22H35N5O. The van der Waals surface area contributed by atoms with E-state index in [-0.39, 0.29) is 0 Å². The second kappa shape index (κ2) is 11.1. The Morgan fingerprint density at radius 3 is 2.57 bits per heavy atom. The van der Waals surface area contributed by atoms with Crippen molar-refractivity contribution in [2.45, 2.75) is 45.1 Å². The van der Waals surface area contributed by atoms with Gasteiger partial charge < -0.3 is 15.5 Å². The Hall–Kier alpha value is -2.08. The zero-order chi connectivity index (χ0) is 19.6. The van der Waals surface area contributed by atoms with Crippen molar-refractivity contribution >= 4 is 11.9 Å². The number of likely N-dealkylation sites (tertiary alicyclic amines) is 2. The lowest BCUT2D eigenvalue weighted by Gasteiger charge is -2.27. The lowest BCUT2D eigenvalue weighted by molar-refractivity contribution is -0.127. The number of nitrogens with zero attached hydrogens (tertiary/aromatic N) is 3. The van der Waals surface area contributed by atoms with Gasteiger partial charge in [0.2, 0.25) is 5.91 Å². The number of nitrogens with one attached hydrogen (secondary N) is 2. The first kappa shape index (κ1) is 20.6. The molecule has 0 saturated carbocycles. The molecule has 1 atom stereocenters. The summed E-state index contributed by atoms with van der Waals surface area (Å²) in [5, 5.41) is 6.80. The van der Waals surface area contributed by atoms with Crippen molar-refractivity contribution in [3.63, 3.8) is 0 Å². The summed E-state index contributed by atoms with van der Waals surface area (Å²) in [5.74, 6) is 1.17. The Balaban J connectivity index is 1.54. The molecule has 154 valence electrons. The van der Waals surface area contributed by atoms with E-state index in [9.17, 15) is 4.79 Å². The van der Waals surface area contributed by atoms with Crippen molar-refractivity contribution < 1.29 is 4.79 Å². The first-order valence-electron chi connectivity index (χ1n) is 10.9. The van der Waals surface area contributed by atoms with Crippen molar-refractivity contribution in [3.8, 4) is 0 Å². The molecule has 2 aliphatic heterocycles. The van der Waals surface area contributed by atoms with Gasteiger partial charge in [-0.1, -0.05) is 30.3 Å². The standard InChI is InChI=1S/C22H35N5O/c1-2-23-22(24-13-9-17-27-16-8-12-21(27)28)25-18-20(26-14-6-7-15-26)19-10-4-3-5-11-19/h3-5,10-11,20H,2,6-9,12-18H2,1H3,(H2,23,24,25). The van der Waals surface area contributed by atoms with Crippen molar-refractivity contribution in [3.05, 3.63) is 35.9 Å². The van der Waals surface area contributed by atoms with Crippen LogP contribution in [-0.4, -0.2) is 67.5 Å². The van der Waals surface area contributed by atoms with E-state index < -0.39 is 0 Å². The molecule has 0 bridgehead atoms. The molecule has 6 nitrogen and oxygen atoms in total. The predicted octanol–water partition coefficient (Wildman–Crippen LogP) is 2.39. The molecule has 0 spiro atoms. The molecular weight excluding hydrogens is 350 g/mol. The first-order valence-corrected chi connectivity index (χ1v) is 10.9. The van der Waals surface area contributed by atoms with E-state index in [1.807, 2.05) is 4.90 Å². The lowest BCUT2D eigenvalue weighted by atomic mass is 10.1.